The summed E-state index contributed by atoms with van der Waals surface area (Å²) in [4.78, 5) is 16.4. The monoisotopic (exact) mass is 232 g/mol. The number of aliphatic hydroxyl groups excluding tert-OH is 1. The molecular weight excluding hydrogens is 217 g/mol. The zero-order valence-corrected chi connectivity index (χ0v) is 9.13. The Balaban J connectivity index is -0.000000135. The maximum Gasteiger partial charge on any atom is 0.412 e. The number of carbonyl (C=O) groups is 1. The first-order chi connectivity index (χ1) is 6.11. The van der Waals surface area contributed by atoms with E-state index in [0.717, 1.165) is 0 Å². The summed E-state index contributed by atoms with van der Waals surface area (Å²) in [6, 6.07) is 0. The van der Waals surface area contributed by atoms with Gasteiger partial charge < -0.3 is 15.1 Å². The molecule has 0 aromatic heterocycles. The predicted octanol–water partition coefficient (Wildman–Crippen LogP) is 2.18. The van der Waals surface area contributed by atoms with Crippen LogP contribution in [0.5, 0.6) is 0 Å². The normalized spacial score (nSPS) is 8.36. The largest absolute Gasteiger partial charge is 0.478 e. The first kappa shape index (κ1) is 19.1. The lowest BCUT2D eigenvalue weighted by atomic mass is 10.4. The third-order valence-electron chi connectivity index (χ3n) is 0.365. The summed E-state index contributed by atoms with van der Waals surface area (Å²) in [5.41, 5.74) is 0.176. The maximum atomic E-state index is 9.95. The molecule has 14 heavy (non-hydrogen) atoms. The van der Waals surface area contributed by atoms with E-state index in [0.29, 0.717) is 0 Å². The Kier molecular flexibility index (Phi) is 16.9. The second-order valence-electron chi connectivity index (χ2n) is 2.39. The molecule has 0 saturated heterocycles. The lowest BCUT2D eigenvalue weighted by molar-refractivity contribution is -0.132. The van der Waals surface area contributed by atoms with Crippen molar-refractivity contribution in [3.63, 3.8) is 0 Å². The van der Waals surface area contributed by atoms with Gasteiger partial charge in [0, 0.05) is 11.7 Å². The van der Waals surface area contributed by atoms with Crippen molar-refractivity contribution in [2.75, 3.05) is 0 Å². The van der Waals surface area contributed by atoms with Crippen LogP contribution in [0.2, 0.25) is 0 Å². The minimum Gasteiger partial charge on any atom is -0.478 e. The molecule has 0 aliphatic heterocycles. The predicted molar refractivity (Wildman–Crippen MR) is 51.2 cm³/mol. The molecule has 86 valence electrons. The number of carboxylic acid groups (broad SMARTS) is 1. The zero-order chi connectivity index (χ0) is 12.3. The summed E-state index contributed by atoms with van der Waals surface area (Å²) in [5.74, 6) is -0.935. The van der Waals surface area contributed by atoms with E-state index in [-0.39, 0.29) is 11.7 Å². The van der Waals surface area contributed by atoms with E-state index < -0.39 is 14.7 Å². The van der Waals surface area contributed by atoms with Crippen LogP contribution in [-0.4, -0.2) is 27.2 Å². The number of rotatable bonds is 1. The van der Waals surface area contributed by atoms with Crippen LogP contribution in [0.15, 0.2) is 12.2 Å². The molecule has 0 atom stereocenters. The first-order valence-corrected chi connectivity index (χ1v) is 4.56. The van der Waals surface area contributed by atoms with Crippen molar-refractivity contribution >= 4 is 14.7 Å². The van der Waals surface area contributed by atoms with Gasteiger partial charge in [-0.05, 0) is 20.8 Å². The lowest BCUT2D eigenvalue weighted by Crippen LogP contribution is -1.92. The first-order valence-electron chi connectivity index (χ1n) is 3.48. The van der Waals surface area contributed by atoms with E-state index in [1.54, 1.807) is 13.8 Å². The second-order valence-corrected chi connectivity index (χ2v) is 2.82. The average molecular weight is 232 g/mol. The van der Waals surface area contributed by atoms with Crippen molar-refractivity contribution in [1.29, 1.82) is 0 Å². The third-order valence-corrected chi connectivity index (χ3v) is 0.365. The molecule has 0 aliphatic carbocycles. The molecule has 0 spiro atoms. The summed E-state index contributed by atoms with van der Waals surface area (Å²) < 4.78 is 19.9. The van der Waals surface area contributed by atoms with Crippen molar-refractivity contribution in [3.8, 4) is 0 Å². The molecule has 0 amide bonds. The number of hydrogen-bond acceptors (Lipinski definition) is 3. The Morgan fingerprint density at radius 1 is 1.43 bits per heavy atom. The molecule has 0 bridgehead atoms. The van der Waals surface area contributed by atoms with Crippen molar-refractivity contribution in [2.24, 2.45) is 0 Å². The van der Waals surface area contributed by atoms with E-state index in [1.165, 1.54) is 6.92 Å². The molecule has 3 N–H and O–H groups in total. The Morgan fingerprint density at radius 3 is 1.50 bits per heavy atom. The summed E-state index contributed by atoms with van der Waals surface area (Å²) in [6.45, 7) is 8.05. The van der Waals surface area contributed by atoms with Crippen molar-refractivity contribution in [2.45, 2.75) is 26.9 Å². The van der Waals surface area contributed by atoms with Crippen LogP contribution in [-0.2, 0) is 4.79 Å². The summed E-state index contributed by atoms with van der Waals surface area (Å²) in [5, 5.41) is 15.9. The van der Waals surface area contributed by atoms with Gasteiger partial charge in [0.2, 0.25) is 0 Å². The number of aliphatic hydroxyl groups is 1. The van der Waals surface area contributed by atoms with Crippen LogP contribution in [0.4, 0.5) is 8.39 Å². The number of halogens is 2. The quantitative estimate of drug-likeness (QED) is 0.478. The molecule has 0 heterocycles. The maximum absolute atomic E-state index is 9.95. The SMILES string of the molecule is C=C(C)C(=O)O.CC(C)O.OP(F)F. The molecular formula is C7H15F2O4P. The average Bonchev–Trinajstić information content (AvgIpc) is 1.83. The van der Waals surface area contributed by atoms with Crippen LogP contribution >= 0.6 is 8.77 Å². The fourth-order valence-corrected chi connectivity index (χ4v) is 0. The highest BCUT2D eigenvalue weighted by molar-refractivity contribution is 7.39. The smallest absolute Gasteiger partial charge is 0.412 e. The van der Waals surface area contributed by atoms with Crippen LogP contribution in [0.25, 0.3) is 0 Å². The summed E-state index contributed by atoms with van der Waals surface area (Å²) in [7, 11) is -3.62. The van der Waals surface area contributed by atoms with E-state index in [9.17, 15) is 13.2 Å². The van der Waals surface area contributed by atoms with E-state index in [4.69, 9.17) is 15.1 Å². The van der Waals surface area contributed by atoms with Crippen molar-refractivity contribution < 1.29 is 28.3 Å². The zero-order valence-electron chi connectivity index (χ0n) is 8.24. The second kappa shape index (κ2) is 12.4. The molecule has 4 nitrogen and oxygen atoms in total. The third kappa shape index (κ3) is 106. The highest BCUT2D eigenvalue weighted by atomic mass is 31.2. The van der Waals surface area contributed by atoms with Crippen LogP contribution in [0, 0.1) is 0 Å². The molecule has 7 heteroatoms. The molecule has 0 rings (SSSR count). The van der Waals surface area contributed by atoms with Crippen molar-refractivity contribution in [3.05, 3.63) is 12.2 Å². The van der Waals surface area contributed by atoms with Gasteiger partial charge in [-0.2, -0.15) is 8.39 Å². The number of aliphatic carboxylic acids is 1. The number of hydrogen-bond donors (Lipinski definition) is 3. The number of carboxylic acids is 1. The van der Waals surface area contributed by atoms with Crippen molar-refractivity contribution in [1.82, 2.24) is 0 Å². The minimum atomic E-state index is -3.62. The molecule has 0 aromatic carbocycles. The Morgan fingerprint density at radius 2 is 1.50 bits per heavy atom. The van der Waals surface area contributed by atoms with Gasteiger partial charge >= 0.3 is 14.7 Å². The fourth-order valence-electron chi connectivity index (χ4n) is 0. The Hall–Kier alpha value is -0.580. The summed E-state index contributed by atoms with van der Waals surface area (Å²) in [6.07, 6.45) is -0.167. The van der Waals surface area contributed by atoms with Crippen LogP contribution in [0.3, 0.4) is 0 Å². The van der Waals surface area contributed by atoms with Crippen LogP contribution in [0.1, 0.15) is 20.8 Å². The lowest BCUT2D eigenvalue weighted by Gasteiger charge is -1.80. The van der Waals surface area contributed by atoms with Gasteiger partial charge in [-0.25, -0.2) is 4.79 Å². The van der Waals surface area contributed by atoms with Gasteiger partial charge in [-0.15, -0.1) is 0 Å². The van der Waals surface area contributed by atoms with Gasteiger partial charge in [-0.1, -0.05) is 6.58 Å². The topological polar surface area (TPSA) is 77.8 Å². The molecule has 0 unspecified atom stereocenters. The molecule has 0 radical (unpaired) electrons. The molecule has 0 fully saturated rings. The molecule has 0 saturated carbocycles. The Labute approximate surface area is 83.0 Å². The summed E-state index contributed by atoms with van der Waals surface area (Å²) >= 11 is 0. The van der Waals surface area contributed by atoms with E-state index >= 15 is 0 Å². The van der Waals surface area contributed by atoms with E-state index in [1.807, 2.05) is 0 Å². The van der Waals surface area contributed by atoms with Gasteiger partial charge in [0.1, 0.15) is 0 Å². The minimum absolute atomic E-state index is 0.167. The Bertz CT molecular complexity index is 138. The van der Waals surface area contributed by atoms with E-state index in [2.05, 4.69) is 6.58 Å². The highest BCUT2D eigenvalue weighted by Gasteiger charge is 1.90. The highest BCUT2D eigenvalue weighted by Crippen LogP contribution is 2.31. The van der Waals surface area contributed by atoms with Gasteiger partial charge in [0.05, 0.1) is 0 Å². The molecule has 0 aromatic rings. The fraction of sp³-hybridized carbons (Fsp3) is 0.571. The molecule has 0 aliphatic rings. The van der Waals surface area contributed by atoms with Gasteiger partial charge in [0.25, 0.3) is 0 Å². The van der Waals surface area contributed by atoms with Gasteiger partial charge in [-0.3, -0.25) is 0 Å². The van der Waals surface area contributed by atoms with Gasteiger partial charge in [0.15, 0.2) is 0 Å². The standard InChI is InChI=1S/C4H6O2.C3H8O.F2HOP/c1-3(2)4(5)6;1-3(2)4;1-4(2)3/h1H2,2H3,(H,5,6);3-4H,1-2H3;3H. The van der Waals surface area contributed by atoms with Crippen LogP contribution < -0.4 is 0 Å².